The molecule has 184 valence electrons. The Kier molecular flexibility index (Phi) is 8.97. The number of hydrogen-bond donors (Lipinski definition) is 0. The number of carbonyl (C=O) groups excluding carboxylic acids is 1. The molecule has 5 nitrogen and oxygen atoms in total. The van der Waals surface area contributed by atoms with Crippen molar-refractivity contribution in [1.29, 1.82) is 0 Å². The Labute approximate surface area is 205 Å². The highest BCUT2D eigenvalue weighted by Gasteiger charge is 2.31. The van der Waals surface area contributed by atoms with Gasteiger partial charge >= 0.3 is 0 Å². The Hall–Kier alpha value is -2.40. The number of piperidine rings is 1. The quantitative estimate of drug-likeness (QED) is 0.477. The van der Waals surface area contributed by atoms with Gasteiger partial charge in [0.05, 0.1) is 12.8 Å². The first-order valence-electron chi connectivity index (χ1n) is 13.1. The van der Waals surface area contributed by atoms with Crippen molar-refractivity contribution in [2.75, 3.05) is 27.2 Å². The van der Waals surface area contributed by atoms with Crippen molar-refractivity contribution >= 4 is 5.91 Å². The molecule has 2 aliphatic rings. The molecule has 1 amide bonds. The van der Waals surface area contributed by atoms with E-state index >= 15 is 0 Å². The zero-order chi connectivity index (χ0) is 23.8. The van der Waals surface area contributed by atoms with Crippen molar-refractivity contribution in [1.82, 2.24) is 14.8 Å². The highest BCUT2D eigenvalue weighted by atomic mass is 16.5. The van der Waals surface area contributed by atoms with Crippen LogP contribution in [-0.2, 0) is 17.8 Å². The standard InChI is InChI=1S/C29H41N3O2/c1-31(22-26-11-5-6-17-30-26)28(21-24-10-7-12-27(20-24)34-2)25-15-18-32(19-16-25)29(33)14-13-23-8-3-4-9-23/h5-7,10-12,17,20,23,25,28H,3-4,8-9,13-16,18-19,21-22H2,1-2H3. The van der Waals surface area contributed by atoms with Crippen molar-refractivity contribution in [3.05, 3.63) is 59.9 Å². The van der Waals surface area contributed by atoms with E-state index in [1.54, 1.807) is 7.11 Å². The second-order valence-corrected chi connectivity index (χ2v) is 10.3. The average Bonchev–Trinajstić information content (AvgIpc) is 3.40. The van der Waals surface area contributed by atoms with Gasteiger partial charge in [0.25, 0.3) is 0 Å². The molecule has 1 atom stereocenters. The fraction of sp³-hybridized carbons (Fsp3) is 0.586. The average molecular weight is 464 g/mol. The summed E-state index contributed by atoms with van der Waals surface area (Å²) < 4.78 is 5.47. The van der Waals surface area contributed by atoms with Gasteiger partial charge in [-0.1, -0.05) is 43.9 Å². The number of methoxy groups -OCH3 is 1. The van der Waals surface area contributed by atoms with Crippen LogP contribution < -0.4 is 4.74 Å². The Morgan fingerprint density at radius 3 is 2.62 bits per heavy atom. The molecule has 0 N–H and O–H groups in total. The summed E-state index contributed by atoms with van der Waals surface area (Å²) in [7, 11) is 3.95. The zero-order valence-electron chi connectivity index (χ0n) is 21.0. The third-order valence-corrected chi connectivity index (χ3v) is 7.96. The van der Waals surface area contributed by atoms with Crippen LogP contribution in [0.3, 0.4) is 0 Å². The molecule has 4 rings (SSSR count). The maximum Gasteiger partial charge on any atom is 0.222 e. The summed E-state index contributed by atoms with van der Waals surface area (Å²) >= 11 is 0. The van der Waals surface area contributed by atoms with E-state index in [0.717, 1.165) is 69.1 Å². The summed E-state index contributed by atoms with van der Waals surface area (Å²) in [6, 6.07) is 15.0. The minimum absolute atomic E-state index is 0.372. The van der Waals surface area contributed by atoms with Gasteiger partial charge < -0.3 is 9.64 Å². The number of nitrogens with zero attached hydrogens (tertiary/aromatic N) is 3. The molecule has 0 radical (unpaired) electrons. The Balaban J connectivity index is 1.38. The van der Waals surface area contributed by atoms with E-state index in [1.165, 1.54) is 31.2 Å². The van der Waals surface area contributed by atoms with Crippen LogP contribution >= 0.6 is 0 Å². The molecule has 34 heavy (non-hydrogen) atoms. The predicted molar refractivity (Wildman–Crippen MR) is 137 cm³/mol. The van der Waals surface area contributed by atoms with E-state index in [0.29, 0.717) is 17.9 Å². The second kappa shape index (κ2) is 12.3. The predicted octanol–water partition coefficient (Wildman–Crippen LogP) is 5.34. The Morgan fingerprint density at radius 2 is 1.91 bits per heavy atom. The van der Waals surface area contributed by atoms with Crippen LogP contribution in [0, 0.1) is 11.8 Å². The molecule has 1 unspecified atom stereocenters. The number of pyridine rings is 1. The molecule has 1 aromatic carbocycles. The fourth-order valence-electron chi connectivity index (χ4n) is 5.91. The summed E-state index contributed by atoms with van der Waals surface area (Å²) in [5.74, 6) is 2.62. The zero-order valence-corrected chi connectivity index (χ0v) is 21.0. The van der Waals surface area contributed by atoms with Crippen molar-refractivity contribution < 1.29 is 9.53 Å². The molecule has 2 aromatic rings. The number of amides is 1. The van der Waals surface area contributed by atoms with Gasteiger partial charge in [-0.2, -0.15) is 0 Å². The van der Waals surface area contributed by atoms with Gasteiger partial charge in [0, 0.05) is 38.3 Å². The Morgan fingerprint density at radius 1 is 1.12 bits per heavy atom. The van der Waals surface area contributed by atoms with Gasteiger partial charge in [0.2, 0.25) is 5.91 Å². The molecule has 1 aliphatic carbocycles. The minimum atomic E-state index is 0.372. The summed E-state index contributed by atoms with van der Waals surface area (Å²) in [5.41, 5.74) is 2.40. The fourth-order valence-corrected chi connectivity index (χ4v) is 5.91. The smallest absolute Gasteiger partial charge is 0.222 e. The molecule has 2 heterocycles. The van der Waals surface area contributed by atoms with Gasteiger partial charge in [0.15, 0.2) is 0 Å². The lowest BCUT2D eigenvalue weighted by molar-refractivity contribution is -0.133. The number of ether oxygens (including phenoxy) is 1. The van der Waals surface area contributed by atoms with Crippen molar-refractivity contribution in [3.63, 3.8) is 0 Å². The van der Waals surface area contributed by atoms with E-state index in [1.807, 2.05) is 18.3 Å². The number of likely N-dealkylation sites (N-methyl/N-ethyl adjacent to an activating group) is 1. The summed E-state index contributed by atoms with van der Waals surface area (Å²) in [6.07, 6.45) is 12.2. The van der Waals surface area contributed by atoms with Crippen LogP contribution in [0.4, 0.5) is 0 Å². The first-order chi connectivity index (χ1) is 16.6. The van der Waals surface area contributed by atoms with Crippen molar-refractivity contribution in [2.45, 2.75) is 70.4 Å². The second-order valence-electron chi connectivity index (χ2n) is 10.3. The van der Waals surface area contributed by atoms with Crippen LogP contribution in [0.15, 0.2) is 48.7 Å². The van der Waals surface area contributed by atoms with Crippen LogP contribution in [-0.4, -0.2) is 54.0 Å². The molecule has 2 fully saturated rings. The highest BCUT2D eigenvalue weighted by molar-refractivity contribution is 5.76. The number of carbonyl (C=O) groups is 1. The molecular formula is C29H41N3O2. The summed E-state index contributed by atoms with van der Waals surface area (Å²) in [6.45, 7) is 2.61. The molecule has 0 spiro atoms. The van der Waals surface area contributed by atoms with Crippen LogP contribution in [0.25, 0.3) is 0 Å². The van der Waals surface area contributed by atoms with Crippen molar-refractivity contribution in [3.8, 4) is 5.75 Å². The minimum Gasteiger partial charge on any atom is -0.497 e. The number of aromatic nitrogens is 1. The molecule has 1 saturated carbocycles. The third-order valence-electron chi connectivity index (χ3n) is 7.96. The van der Waals surface area contributed by atoms with Crippen molar-refractivity contribution in [2.24, 2.45) is 11.8 Å². The largest absolute Gasteiger partial charge is 0.497 e. The maximum atomic E-state index is 12.9. The van der Waals surface area contributed by atoms with Crippen LogP contribution in [0.5, 0.6) is 5.75 Å². The monoisotopic (exact) mass is 463 g/mol. The molecule has 1 aliphatic heterocycles. The van der Waals surface area contributed by atoms with Gasteiger partial charge in [0.1, 0.15) is 5.75 Å². The van der Waals surface area contributed by atoms with Gasteiger partial charge in [-0.25, -0.2) is 0 Å². The highest BCUT2D eigenvalue weighted by Crippen LogP contribution is 2.31. The lowest BCUT2D eigenvalue weighted by atomic mass is 9.84. The van der Waals surface area contributed by atoms with E-state index in [9.17, 15) is 4.79 Å². The molecule has 1 aromatic heterocycles. The van der Waals surface area contributed by atoms with E-state index in [-0.39, 0.29) is 0 Å². The molecule has 1 saturated heterocycles. The van der Waals surface area contributed by atoms with Gasteiger partial charge in [-0.05, 0) is 74.4 Å². The lowest BCUT2D eigenvalue weighted by Crippen LogP contribution is -2.46. The van der Waals surface area contributed by atoms with Crippen LogP contribution in [0.1, 0.15) is 62.6 Å². The molecule has 0 bridgehead atoms. The molecular weight excluding hydrogens is 422 g/mol. The number of likely N-dealkylation sites (tertiary alicyclic amines) is 1. The molecule has 5 heteroatoms. The lowest BCUT2D eigenvalue weighted by Gasteiger charge is -2.40. The van der Waals surface area contributed by atoms with E-state index in [4.69, 9.17) is 4.74 Å². The van der Waals surface area contributed by atoms with Crippen LogP contribution in [0.2, 0.25) is 0 Å². The SMILES string of the molecule is COc1cccc(CC(C2CCN(C(=O)CCC3CCCC3)CC2)N(C)Cc2ccccn2)c1. The van der Waals surface area contributed by atoms with E-state index < -0.39 is 0 Å². The number of rotatable bonds is 10. The number of benzene rings is 1. The topological polar surface area (TPSA) is 45.7 Å². The maximum absolute atomic E-state index is 12.9. The summed E-state index contributed by atoms with van der Waals surface area (Å²) in [4.78, 5) is 22.0. The summed E-state index contributed by atoms with van der Waals surface area (Å²) in [5, 5.41) is 0. The first kappa shape index (κ1) is 24.7. The third kappa shape index (κ3) is 6.82. The van der Waals surface area contributed by atoms with Gasteiger partial charge in [-0.3, -0.25) is 14.7 Å². The van der Waals surface area contributed by atoms with Gasteiger partial charge in [-0.15, -0.1) is 0 Å². The first-order valence-corrected chi connectivity index (χ1v) is 13.1. The van der Waals surface area contributed by atoms with E-state index in [2.05, 4.69) is 52.2 Å². The Bertz CT molecular complexity index is 889. The number of hydrogen-bond acceptors (Lipinski definition) is 4. The normalized spacial score (nSPS) is 18.4.